The maximum Gasteiger partial charge on any atom is 0.363 e. The van der Waals surface area contributed by atoms with Crippen LogP contribution in [0.2, 0.25) is 10.0 Å². The molecule has 174 valence electrons. The molecule has 3 aromatic rings. The van der Waals surface area contributed by atoms with Gasteiger partial charge in [-0.25, -0.2) is 18.6 Å². The third kappa shape index (κ3) is 5.09. The number of aliphatic imine (C=N–C) groups is 1. The second-order valence-electron chi connectivity index (χ2n) is 7.00. The van der Waals surface area contributed by atoms with E-state index >= 15 is 0 Å². The van der Waals surface area contributed by atoms with E-state index in [1.807, 2.05) is 24.3 Å². The molecule has 0 amide bonds. The monoisotopic (exact) mass is 567 g/mol. The number of hydrogen-bond acceptors (Lipinski definition) is 5. The van der Waals surface area contributed by atoms with E-state index in [9.17, 15) is 13.6 Å². The number of benzene rings is 3. The van der Waals surface area contributed by atoms with Gasteiger partial charge in [-0.3, -0.25) is 0 Å². The minimum atomic E-state index is -1.15. The van der Waals surface area contributed by atoms with Crippen LogP contribution in [0.3, 0.4) is 0 Å². The summed E-state index contributed by atoms with van der Waals surface area (Å²) >= 11 is 15.8. The van der Waals surface area contributed by atoms with Crippen LogP contribution in [0.25, 0.3) is 6.08 Å². The summed E-state index contributed by atoms with van der Waals surface area (Å²) in [7, 11) is 1.46. The minimum absolute atomic E-state index is 0.0521. The number of cyclic esters (lactones) is 1. The summed E-state index contributed by atoms with van der Waals surface area (Å²) in [6, 6.07) is 12.4. The Kier molecular flexibility index (Phi) is 7.21. The quantitative estimate of drug-likeness (QED) is 0.183. The average Bonchev–Trinajstić information content (AvgIpc) is 3.16. The van der Waals surface area contributed by atoms with Crippen LogP contribution in [-0.4, -0.2) is 19.0 Å². The van der Waals surface area contributed by atoms with E-state index in [2.05, 4.69) is 20.9 Å². The molecule has 10 heteroatoms. The number of nitrogens with zero attached hydrogens (tertiary/aromatic N) is 1. The lowest BCUT2D eigenvalue weighted by Gasteiger charge is -2.14. The minimum Gasteiger partial charge on any atom is -0.493 e. The summed E-state index contributed by atoms with van der Waals surface area (Å²) in [6.07, 6.45) is 1.41. The van der Waals surface area contributed by atoms with Crippen LogP contribution in [0.4, 0.5) is 8.78 Å². The van der Waals surface area contributed by atoms with Crippen molar-refractivity contribution < 1.29 is 27.8 Å². The first-order chi connectivity index (χ1) is 16.3. The van der Waals surface area contributed by atoms with Crippen molar-refractivity contribution in [3.05, 3.63) is 97.1 Å². The molecule has 0 N–H and O–H groups in total. The predicted octanol–water partition coefficient (Wildman–Crippen LogP) is 6.97. The lowest BCUT2D eigenvalue weighted by molar-refractivity contribution is -0.129. The van der Waals surface area contributed by atoms with E-state index in [4.69, 9.17) is 37.4 Å². The van der Waals surface area contributed by atoms with Crippen molar-refractivity contribution in [2.45, 2.75) is 6.61 Å². The molecule has 0 fully saturated rings. The number of carbonyl (C=O) groups is 1. The molecule has 0 atom stereocenters. The second kappa shape index (κ2) is 10.1. The zero-order valence-corrected chi connectivity index (χ0v) is 20.5. The van der Waals surface area contributed by atoms with E-state index in [0.29, 0.717) is 17.1 Å². The fraction of sp³-hybridized carbons (Fsp3) is 0.0833. The van der Waals surface area contributed by atoms with Crippen molar-refractivity contribution in [2.75, 3.05) is 7.11 Å². The van der Waals surface area contributed by atoms with Crippen molar-refractivity contribution in [3.63, 3.8) is 0 Å². The molecule has 0 aliphatic carbocycles. The van der Waals surface area contributed by atoms with Crippen molar-refractivity contribution in [2.24, 2.45) is 4.99 Å². The summed E-state index contributed by atoms with van der Waals surface area (Å²) in [5.74, 6) is -2.64. The average molecular weight is 569 g/mol. The largest absolute Gasteiger partial charge is 0.493 e. The lowest BCUT2D eigenvalue weighted by Crippen LogP contribution is -2.07. The highest BCUT2D eigenvalue weighted by atomic mass is 79.9. The first-order valence-corrected chi connectivity index (χ1v) is 11.2. The third-order valence-electron chi connectivity index (χ3n) is 4.75. The summed E-state index contributed by atoms with van der Waals surface area (Å²) in [6.45, 7) is 0.243. The zero-order valence-electron chi connectivity index (χ0n) is 17.4. The summed E-state index contributed by atoms with van der Waals surface area (Å²) in [5, 5.41) is 0.0976. The van der Waals surface area contributed by atoms with Gasteiger partial charge in [-0.15, -0.1) is 0 Å². The van der Waals surface area contributed by atoms with Gasteiger partial charge in [0.2, 0.25) is 5.90 Å². The van der Waals surface area contributed by atoms with E-state index in [1.165, 1.54) is 13.2 Å². The Morgan fingerprint density at radius 1 is 1.09 bits per heavy atom. The maximum atomic E-state index is 13.6. The Labute approximate surface area is 211 Å². The molecule has 0 aromatic heterocycles. The fourth-order valence-electron chi connectivity index (χ4n) is 3.10. The van der Waals surface area contributed by atoms with Gasteiger partial charge in [0, 0.05) is 10.0 Å². The highest BCUT2D eigenvalue weighted by molar-refractivity contribution is 9.10. The highest BCUT2D eigenvalue weighted by Crippen LogP contribution is 2.38. The molecule has 0 saturated carbocycles. The number of carbonyl (C=O) groups excluding carboxylic acids is 1. The first-order valence-electron chi connectivity index (χ1n) is 9.68. The van der Waals surface area contributed by atoms with Crippen LogP contribution in [0.5, 0.6) is 11.5 Å². The van der Waals surface area contributed by atoms with E-state index in [-0.39, 0.29) is 33.8 Å². The van der Waals surface area contributed by atoms with Crippen LogP contribution < -0.4 is 9.47 Å². The van der Waals surface area contributed by atoms with E-state index < -0.39 is 17.6 Å². The topological polar surface area (TPSA) is 57.1 Å². The molecule has 1 heterocycles. The fourth-order valence-corrected chi connectivity index (χ4v) is 4.00. The maximum absolute atomic E-state index is 13.6. The SMILES string of the molecule is COc1cc(/C=C2/N=C(c3cc(F)c(F)cc3Cl)OC2=O)cc(Cl)c1OCc1ccccc1Br. The van der Waals surface area contributed by atoms with Gasteiger partial charge in [0.15, 0.2) is 28.8 Å². The molecule has 3 aromatic carbocycles. The first kappa shape index (κ1) is 24.2. The van der Waals surface area contributed by atoms with Crippen molar-refractivity contribution in [1.82, 2.24) is 0 Å². The smallest absolute Gasteiger partial charge is 0.363 e. The lowest BCUT2D eigenvalue weighted by atomic mass is 10.1. The van der Waals surface area contributed by atoms with Gasteiger partial charge in [0.05, 0.1) is 22.7 Å². The Balaban J connectivity index is 1.63. The number of rotatable bonds is 6. The van der Waals surface area contributed by atoms with Crippen LogP contribution >= 0.6 is 39.1 Å². The summed E-state index contributed by atoms with van der Waals surface area (Å²) in [5.41, 5.74) is 1.25. The van der Waals surface area contributed by atoms with E-state index in [0.717, 1.165) is 22.2 Å². The van der Waals surface area contributed by atoms with Gasteiger partial charge in [-0.05, 0) is 42.0 Å². The molecule has 1 aliphatic rings. The molecule has 34 heavy (non-hydrogen) atoms. The Morgan fingerprint density at radius 2 is 1.82 bits per heavy atom. The molecule has 0 radical (unpaired) electrons. The molecule has 0 unspecified atom stereocenters. The van der Waals surface area contributed by atoms with Crippen LogP contribution in [0.15, 0.2) is 63.7 Å². The van der Waals surface area contributed by atoms with Crippen LogP contribution in [-0.2, 0) is 16.1 Å². The molecule has 5 nitrogen and oxygen atoms in total. The molecule has 0 saturated heterocycles. The number of ether oxygens (including phenoxy) is 3. The molecule has 4 rings (SSSR count). The zero-order chi connectivity index (χ0) is 24.4. The highest BCUT2D eigenvalue weighted by Gasteiger charge is 2.27. The molecular formula is C24H14BrCl2F2NO4. The van der Waals surface area contributed by atoms with Crippen LogP contribution in [0, 0.1) is 11.6 Å². The molecular weight excluding hydrogens is 555 g/mol. The van der Waals surface area contributed by atoms with Gasteiger partial charge >= 0.3 is 5.97 Å². The number of hydrogen-bond donors (Lipinski definition) is 0. The Bertz CT molecular complexity index is 1360. The van der Waals surface area contributed by atoms with Gasteiger partial charge in [0.1, 0.15) is 6.61 Å². The molecule has 1 aliphatic heterocycles. The van der Waals surface area contributed by atoms with E-state index in [1.54, 1.807) is 12.1 Å². The van der Waals surface area contributed by atoms with Gasteiger partial charge < -0.3 is 14.2 Å². The normalized spacial score (nSPS) is 14.2. The number of methoxy groups -OCH3 is 1. The van der Waals surface area contributed by atoms with Crippen LogP contribution in [0.1, 0.15) is 16.7 Å². The molecule has 0 spiro atoms. The Hall–Kier alpha value is -2.94. The van der Waals surface area contributed by atoms with Crippen molar-refractivity contribution >= 4 is 57.1 Å². The molecule has 0 bridgehead atoms. The van der Waals surface area contributed by atoms with Gasteiger partial charge in [0.25, 0.3) is 0 Å². The third-order valence-corrected chi connectivity index (χ3v) is 6.11. The number of halogens is 5. The van der Waals surface area contributed by atoms with Crippen molar-refractivity contribution in [1.29, 1.82) is 0 Å². The number of esters is 1. The predicted molar refractivity (Wildman–Crippen MR) is 128 cm³/mol. The standard InChI is InChI=1S/C24H14BrCl2F2NO4/c1-32-21-8-12(6-17(27)22(21)33-11-13-4-2-3-5-15(13)25)7-20-24(31)34-23(30-20)14-9-18(28)19(29)10-16(14)26/h2-10H,11H2,1H3/b20-7+. The Morgan fingerprint density at radius 3 is 2.56 bits per heavy atom. The second-order valence-corrected chi connectivity index (χ2v) is 8.67. The summed E-state index contributed by atoms with van der Waals surface area (Å²) < 4.78 is 44.2. The summed E-state index contributed by atoms with van der Waals surface area (Å²) in [4.78, 5) is 16.4. The van der Waals surface area contributed by atoms with Crippen molar-refractivity contribution in [3.8, 4) is 11.5 Å². The van der Waals surface area contributed by atoms with Gasteiger partial charge in [-0.2, -0.15) is 0 Å². The van der Waals surface area contributed by atoms with Gasteiger partial charge in [-0.1, -0.05) is 57.3 Å².